The first kappa shape index (κ1) is 10.3. The Kier molecular flexibility index (Phi) is 2.14. The number of oxazole rings is 1. The van der Waals surface area contributed by atoms with Gasteiger partial charge < -0.3 is 9.40 Å². The van der Waals surface area contributed by atoms with Gasteiger partial charge in [0.1, 0.15) is 11.3 Å². The van der Waals surface area contributed by atoms with E-state index < -0.39 is 0 Å². The Labute approximate surface area is 109 Å². The van der Waals surface area contributed by atoms with Gasteiger partial charge in [0.15, 0.2) is 5.58 Å². The van der Waals surface area contributed by atoms with Crippen LogP contribution in [0.15, 0.2) is 52.9 Å². The molecule has 0 saturated heterocycles. The predicted molar refractivity (Wildman–Crippen MR) is 72.9 cm³/mol. The van der Waals surface area contributed by atoms with E-state index in [4.69, 9.17) is 4.42 Å². The molecule has 4 heteroatoms. The van der Waals surface area contributed by atoms with Crippen LogP contribution in [0.1, 0.15) is 11.7 Å². The van der Waals surface area contributed by atoms with Crippen molar-refractivity contribution in [3.8, 4) is 0 Å². The van der Waals surface area contributed by atoms with Crippen LogP contribution in [0.4, 0.5) is 0 Å². The molecule has 0 radical (unpaired) electrons. The zero-order chi connectivity index (χ0) is 12.7. The number of nitrogens with one attached hydrogen (secondary N) is 1. The van der Waals surface area contributed by atoms with Crippen molar-refractivity contribution in [2.75, 3.05) is 0 Å². The van der Waals surface area contributed by atoms with Gasteiger partial charge in [-0.3, -0.25) is 0 Å². The van der Waals surface area contributed by atoms with Gasteiger partial charge in [-0.25, -0.2) is 9.97 Å². The monoisotopic (exact) mass is 249 g/mol. The van der Waals surface area contributed by atoms with E-state index in [0.29, 0.717) is 12.3 Å². The molecule has 0 amide bonds. The molecule has 4 aromatic rings. The standard InChI is InChI=1S/C15H11N3O/c1-2-6-11-10(5-1)16-14(17-11)9-15-18-12-7-3-4-8-13(12)19-15/h1-8H,9H2,(H,16,17). The van der Waals surface area contributed by atoms with Gasteiger partial charge in [-0.2, -0.15) is 0 Å². The highest BCUT2D eigenvalue weighted by atomic mass is 16.3. The van der Waals surface area contributed by atoms with Gasteiger partial charge in [0.05, 0.1) is 17.5 Å². The highest BCUT2D eigenvalue weighted by molar-refractivity contribution is 5.75. The second kappa shape index (κ2) is 3.95. The SMILES string of the molecule is c1ccc2[nH]c(Cc3nc4ccccc4o3)nc2c1. The van der Waals surface area contributed by atoms with E-state index in [2.05, 4.69) is 15.0 Å². The maximum absolute atomic E-state index is 5.70. The highest BCUT2D eigenvalue weighted by Gasteiger charge is 2.09. The molecule has 0 spiro atoms. The number of benzene rings is 2. The maximum Gasteiger partial charge on any atom is 0.203 e. The quantitative estimate of drug-likeness (QED) is 0.593. The Balaban J connectivity index is 1.73. The number of aromatic amines is 1. The second-order valence-corrected chi connectivity index (χ2v) is 4.45. The number of hydrogen-bond donors (Lipinski definition) is 1. The largest absolute Gasteiger partial charge is 0.440 e. The molecule has 1 N–H and O–H groups in total. The number of aromatic nitrogens is 3. The molecule has 92 valence electrons. The summed E-state index contributed by atoms with van der Waals surface area (Å²) < 4.78 is 5.70. The molecule has 2 aromatic heterocycles. The van der Waals surface area contributed by atoms with Crippen molar-refractivity contribution in [2.45, 2.75) is 6.42 Å². The van der Waals surface area contributed by atoms with Crippen molar-refractivity contribution in [3.05, 3.63) is 60.2 Å². The Morgan fingerprint density at radius 1 is 0.895 bits per heavy atom. The lowest BCUT2D eigenvalue weighted by molar-refractivity contribution is 0.540. The van der Waals surface area contributed by atoms with Crippen molar-refractivity contribution < 1.29 is 4.42 Å². The fraction of sp³-hybridized carbons (Fsp3) is 0.0667. The summed E-state index contributed by atoms with van der Waals surface area (Å²) in [5.41, 5.74) is 3.70. The summed E-state index contributed by atoms with van der Waals surface area (Å²) in [5.74, 6) is 1.55. The fourth-order valence-electron chi connectivity index (χ4n) is 2.23. The van der Waals surface area contributed by atoms with Crippen molar-refractivity contribution in [1.29, 1.82) is 0 Å². The summed E-state index contributed by atoms with van der Waals surface area (Å²) in [6, 6.07) is 15.7. The predicted octanol–water partition coefficient (Wildman–Crippen LogP) is 3.29. The summed E-state index contributed by atoms with van der Waals surface area (Å²) >= 11 is 0. The molecular formula is C15H11N3O. The van der Waals surface area contributed by atoms with Crippen molar-refractivity contribution in [2.24, 2.45) is 0 Å². The summed E-state index contributed by atoms with van der Waals surface area (Å²) in [5, 5.41) is 0. The molecule has 2 aromatic carbocycles. The van der Waals surface area contributed by atoms with E-state index in [1.165, 1.54) is 0 Å². The molecule has 0 atom stereocenters. The van der Waals surface area contributed by atoms with Crippen LogP contribution in [-0.2, 0) is 6.42 Å². The number of nitrogens with zero attached hydrogens (tertiary/aromatic N) is 2. The molecule has 0 aliphatic heterocycles. The van der Waals surface area contributed by atoms with Gasteiger partial charge in [-0.1, -0.05) is 24.3 Å². The van der Waals surface area contributed by atoms with Crippen LogP contribution in [0.2, 0.25) is 0 Å². The zero-order valence-electron chi connectivity index (χ0n) is 10.1. The van der Waals surface area contributed by atoms with Crippen molar-refractivity contribution in [3.63, 3.8) is 0 Å². The van der Waals surface area contributed by atoms with Gasteiger partial charge in [0.2, 0.25) is 5.89 Å². The van der Waals surface area contributed by atoms with E-state index in [1.54, 1.807) is 0 Å². The summed E-state index contributed by atoms with van der Waals surface area (Å²) in [7, 11) is 0. The van der Waals surface area contributed by atoms with Crippen LogP contribution in [-0.4, -0.2) is 15.0 Å². The van der Waals surface area contributed by atoms with Gasteiger partial charge in [0.25, 0.3) is 0 Å². The molecule has 19 heavy (non-hydrogen) atoms. The van der Waals surface area contributed by atoms with Gasteiger partial charge in [-0.05, 0) is 24.3 Å². The van der Waals surface area contributed by atoms with Gasteiger partial charge in [-0.15, -0.1) is 0 Å². The van der Waals surface area contributed by atoms with E-state index in [9.17, 15) is 0 Å². The average Bonchev–Trinajstić information content (AvgIpc) is 3.00. The molecule has 0 aliphatic rings. The number of fused-ring (bicyclic) bond motifs is 2. The molecule has 0 bridgehead atoms. The number of imidazole rings is 1. The third kappa shape index (κ3) is 1.78. The van der Waals surface area contributed by atoms with Gasteiger partial charge >= 0.3 is 0 Å². The second-order valence-electron chi connectivity index (χ2n) is 4.45. The third-order valence-electron chi connectivity index (χ3n) is 3.10. The number of H-pyrrole nitrogens is 1. The first-order valence-corrected chi connectivity index (χ1v) is 6.16. The molecule has 0 fully saturated rings. The van der Waals surface area contributed by atoms with Crippen LogP contribution in [0.3, 0.4) is 0 Å². The first-order valence-electron chi connectivity index (χ1n) is 6.16. The fourth-order valence-corrected chi connectivity index (χ4v) is 2.23. The summed E-state index contributed by atoms with van der Waals surface area (Å²) in [6.07, 6.45) is 0.573. The van der Waals surface area contributed by atoms with Gasteiger partial charge in [0, 0.05) is 0 Å². The minimum absolute atomic E-state index is 0.573. The number of para-hydroxylation sites is 4. The minimum atomic E-state index is 0.573. The Bertz CT molecular complexity index is 722. The molecule has 4 rings (SSSR count). The molecule has 0 aliphatic carbocycles. The molecule has 0 saturated carbocycles. The van der Waals surface area contributed by atoms with Crippen LogP contribution < -0.4 is 0 Å². The number of rotatable bonds is 2. The Morgan fingerprint density at radius 3 is 2.53 bits per heavy atom. The zero-order valence-corrected chi connectivity index (χ0v) is 10.1. The summed E-state index contributed by atoms with van der Waals surface area (Å²) in [6.45, 7) is 0. The van der Waals surface area contributed by atoms with Crippen LogP contribution in [0.5, 0.6) is 0 Å². The number of hydrogen-bond acceptors (Lipinski definition) is 3. The lowest BCUT2D eigenvalue weighted by Crippen LogP contribution is -1.90. The smallest absolute Gasteiger partial charge is 0.203 e. The summed E-state index contributed by atoms with van der Waals surface area (Å²) in [4.78, 5) is 12.3. The Morgan fingerprint density at radius 2 is 1.68 bits per heavy atom. The van der Waals surface area contributed by atoms with E-state index >= 15 is 0 Å². The molecule has 4 nitrogen and oxygen atoms in total. The van der Waals surface area contributed by atoms with E-state index in [-0.39, 0.29) is 0 Å². The molecule has 0 unspecified atom stereocenters. The van der Waals surface area contributed by atoms with Crippen molar-refractivity contribution in [1.82, 2.24) is 15.0 Å². The maximum atomic E-state index is 5.70. The molecular weight excluding hydrogens is 238 g/mol. The lowest BCUT2D eigenvalue weighted by Gasteiger charge is -1.89. The average molecular weight is 249 g/mol. The normalized spacial score (nSPS) is 11.4. The minimum Gasteiger partial charge on any atom is -0.440 e. The van der Waals surface area contributed by atoms with Crippen LogP contribution >= 0.6 is 0 Å². The van der Waals surface area contributed by atoms with Crippen LogP contribution in [0.25, 0.3) is 22.1 Å². The lowest BCUT2D eigenvalue weighted by atomic mass is 10.3. The topological polar surface area (TPSA) is 54.7 Å². The van der Waals surface area contributed by atoms with Crippen molar-refractivity contribution >= 4 is 22.1 Å². The van der Waals surface area contributed by atoms with Crippen LogP contribution in [0, 0.1) is 0 Å². The van der Waals surface area contributed by atoms with E-state index in [1.807, 2.05) is 48.5 Å². The molecule has 2 heterocycles. The Hall–Kier alpha value is -2.62. The third-order valence-corrected chi connectivity index (χ3v) is 3.10. The first-order chi connectivity index (χ1) is 9.38. The highest BCUT2D eigenvalue weighted by Crippen LogP contribution is 2.18. The van der Waals surface area contributed by atoms with E-state index in [0.717, 1.165) is 28.0 Å².